The van der Waals surface area contributed by atoms with Gasteiger partial charge < -0.3 is 9.84 Å². The molecule has 1 N–H and O–H groups in total. The molecule has 1 fully saturated rings. The van der Waals surface area contributed by atoms with Crippen LogP contribution >= 0.6 is 0 Å². The van der Waals surface area contributed by atoms with Gasteiger partial charge in [0.05, 0.1) is 5.92 Å². The van der Waals surface area contributed by atoms with Crippen LogP contribution in [-0.2, 0) is 6.42 Å². The van der Waals surface area contributed by atoms with E-state index in [1.807, 2.05) is 0 Å². The molecule has 3 rings (SSSR count). The molecular weight excluding hydrogens is 250 g/mol. The highest BCUT2D eigenvalue weighted by atomic mass is 16.5. The molecule has 106 valence electrons. The van der Waals surface area contributed by atoms with Crippen molar-refractivity contribution >= 4 is 0 Å². The highest BCUT2D eigenvalue weighted by Gasteiger charge is 2.29. The SMILES string of the molecule is Cc1cc(C)cc(Cc2noc(C3CCNC3C)n2)c1. The summed E-state index contributed by atoms with van der Waals surface area (Å²) in [4.78, 5) is 4.58. The Morgan fingerprint density at radius 1 is 1.25 bits per heavy atom. The maximum atomic E-state index is 5.45. The zero-order chi connectivity index (χ0) is 14.1. The van der Waals surface area contributed by atoms with Gasteiger partial charge in [-0.1, -0.05) is 34.5 Å². The molecule has 0 aliphatic carbocycles. The van der Waals surface area contributed by atoms with E-state index in [0.29, 0.717) is 12.0 Å². The Morgan fingerprint density at radius 3 is 2.65 bits per heavy atom. The van der Waals surface area contributed by atoms with Crippen molar-refractivity contribution in [2.24, 2.45) is 0 Å². The smallest absolute Gasteiger partial charge is 0.231 e. The molecule has 2 unspecified atom stereocenters. The first-order valence-electron chi connectivity index (χ1n) is 7.25. The summed E-state index contributed by atoms with van der Waals surface area (Å²) in [5, 5.41) is 7.55. The molecule has 0 spiro atoms. The molecule has 1 saturated heterocycles. The summed E-state index contributed by atoms with van der Waals surface area (Å²) >= 11 is 0. The summed E-state index contributed by atoms with van der Waals surface area (Å²) in [6.45, 7) is 7.43. The Hall–Kier alpha value is -1.68. The van der Waals surface area contributed by atoms with Gasteiger partial charge in [-0.25, -0.2) is 0 Å². The minimum atomic E-state index is 0.357. The first-order chi connectivity index (χ1) is 9.61. The topological polar surface area (TPSA) is 51.0 Å². The largest absolute Gasteiger partial charge is 0.339 e. The maximum Gasteiger partial charge on any atom is 0.231 e. The number of hydrogen-bond donors (Lipinski definition) is 1. The van der Waals surface area contributed by atoms with Crippen LogP contribution in [0.1, 0.15) is 47.7 Å². The molecular formula is C16H21N3O. The third-order valence-electron chi connectivity index (χ3n) is 3.97. The van der Waals surface area contributed by atoms with E-state index in [1.165, 1.54) is 16.7 Å². The summed E-state index contributed by atoms with van der Waals surface area (Å²) in [6, 6.07) is 6.97. The fourth-order valence-electron chi connectivity index (χ4n) is 3.04. The fraction of sp³-hybridized carbons (Fsp3) is 0.500. The van der Waals surface area contributed by atoms with E-state index < -0.39 is 0 Å². The van der Waals surface area contributed by atoms with Crippen LogP contribution in [0.15, 0.2) is 22.7 Å². The molecule has 1 aliphatic rings. The molecule has 2 heterocycles. The molecule has 2 atom stereocenters. The molecule has 0 radical (unpaired) electrons. The molecule has 0 amide bonds. The summed E-state index contributed by atoms with van der Waals surface area (Å²) in [5.41, 5.74) is 3.79. The Labute approximate surface area is 119 Å². The summed E-state index contributed by atoms with van der Waals surface area (Å²) < 4.78 is 5.45. The number of nitrogens with zero attached hydrogens (tertiary/aromatic N) is 2. The average Bonchev–Trinajstić information content (AvgIpc) is 2.96. The van der Waals surface area contributed by atoms with Gasteiger partial charge in [0, 0.05) is 12.5 Å². The Kier molecular flexibility index (Phi) is 3.57. The van der Waals surface area contributed by atoms with Gasteiger partial charge >= 0.3 is 0 Å². The Bertz CT molecular complexity index is 585. The lowest BCUT2D eigenvalue weighted by atomic mass is 10.0. The van der Waals surface area contributed by atoms with Crippen molar-refractivity contribution < 1.29 is 4.52 Å². The second kappa shape index (κ2) is 5.37. The van der Waals surface area contributed by atoms with Crippen molar-refractivity contribution in [2.75, 3.05) is 6.54 Å². The van der Waals surface area contributed by atoms with Gasteiger partial charge in [-0.15, -0.1) is 0 Å². The minimum absolute atomic E-state index is 0.357. The summed E-state index contributed by atoms with van der Waals surface area (Å²) in [7, 11) is 0. The van der Waals surface area contributed by atoms with Crippen molar-refractivity contribution in [3.8, 4) is 0 Å². The monoisotopic (exact) mass is 271 g/mol. The molecule has 4 heteroatoms. The zero-order valence-corrected chi connectivity index (χ0v) is 12.3. The Morgan fingerprint density at radius 2 is 2.00 bits per heavy atom. The first-order valence-corrected chi connectivity index (χ1v) is 7.25. The third-order valence-corrected chi connectivity index (χ3v) is 3.97. The van der Waals surface area contributed by atoms with Gasteiger partial charge in [-0.3, -0.25) is 0 Å². The van der Waals surface area contributed by atoms with E-state index in [0.717, 1.165) is 31.1 Å². The van der Waals surface area contributed by atoms with E-state index >= 15 is 0 Å². The standard InChI is InChI=1S/C16H21N3O/c1-10-6-11(2)8-13(7-10)9-15-18-16(20-19-15)14-4-5-17-12(14)3/h6-8,12,14,17H,4-5,9H2,1-3H3. The van der Waals surface area contributed by atoms with Crippen LogP contribution in [0.2, 0.25) is 0 Å². The van der Waals surface area contributed by atoms with Crippen molar-refractivity contribution in [3.63, 3.8) is 0 Å². The van der Waals surface area contributed by atoms with Crippen LogP contribution in [0, 0.1) is 13.8 Å². The lowest BCUT2D eigenvalue weighted by molar-refractivity contribution is 0.342. The molecule has 4 nitrogen and oxygen atoms in total. The second-order valence-corrected chi connectivity index (χ2v) is 5.86. The van der Waals surface area contributed by atoms with Crippen molar-refractivity contribution in [1.29, 1.82) is 0 Å². The highest BCUT2D eigenvalue weighted by Crippen LogP contribution is 2.26. The lowest BCUT2D eigenvalue weighted by Crippen LogP contribution is -2.21. The summed E-state index contributed by atoms with van der Waals surface area (Å²) in [6.07, 6.45) is 1.81. The molecule has 20 heavy (non-hydrogen) atoms. The van der Waals surface area contributed by atoms with Gasteiger partial charge in [-0.05, 0) is 39.3 Å². The summed E-state index contributed by atoms with van der Waals surface area (Å²) in [5.74, 6) is 1.92. The van der Waals surface area contributed by atoms with Gasteiger partial charge in [0.2, 0.25) is 5.89 Å². The van der Waals surface area contributed by atoms with E-state index in [2.05, 4.69) is 54.4 Å². The quantitative estimate of drug-likeness (QED) is 0.932. The van der Waals surface area contributed by atoms with E-state index in [-0.39, 0.29) is 0 Å². The maximum absolute atomic E-state index is 5.45. The number of aromatic nitrogens is 2. The van der Waals surface area contributed by atoms with Crippen LogP contribution in [0.25, 0.3) is 0 Å². The first kappa shape index (κ1) is 13.3. The molecule has 0 saturated carbocycles. The van der Waals surface area contributed by atoms with Gasteiger partial charge in [0.15, 0.2) is 5.82 Å². The number of benzene rings is 1. The molecule has 1 aromatic heterocycles. The lowest BCUT2D eigenvalue weighted by Gasteiger charge is -2.08. The van der Waals surface area contributed by atoms with Crippen molar-refractivity contribution in [2.45, 2.75) is 45.6 Å². The van der Waals surface area contributed by atoms with E-state index in [9.17, 15) is 0 Å². The fourth-order valence-corrected chi connectivity index (χ4v) is 3.04. The zero-order valence-electron chi connectivity index (χ0n) is 12.3. The Balaban J connectivity index is 1.77. The van der Waals surface area contributed by atoms with E-state index in [4.69, 9.17) is 4.52 Å². The molecule has 1 aromatic carbocycles. The van der Waals surface area contributed by atoms with Crippen LogP contribution in [0.3, 0.4) is 0 Å². The van der Waals surface area contributed by atoms with Crippen LogP contribution in [0.5, 0.6) is 0 Å². The number of hydrogen-bond acceptors (Lipinski definition) is 4. The van der Waals surface area contributed by atoms with Crippen molar-refractivity contribution in [1.82, 2.24) is 15.5 Å². The normalized spacial score (nSPS) is 22.4. The average molecular weight is 271 g/mol. The number of nitrogens with one attached hydrogen (secondary N) is 1. The third kappa shape index (κ3) is 2.75. The molecule has 1 aliphatic heterocycles. The van der Waals surface area contributed by atoms with Gasteiger partial charge in [0.1, 0.15) is 0 Å². The van der Waals surface area contributed by atoms with E-state index in [1.54, 1.807) is 0 Å². The van der Waals surface area contributed by atoms with Crippen LogP contribution < -0.4 is 5.32 Å². The minimum Gasteiger partial charge on any atom is -0.339 e. The van der Waals surface area contributed by atoms with Gasteiger partial charge in [0.25, 0.3) is 0 Å². The van der Waals surface area contributed by atoms with Crippen LogP contribution in [0.4, 0.5) is 0 Å². The molecule has 2 aromatic rings. The second-order valence-electron chi connectivity index (χ2n) is 5.86. The van der Waals surface area contributed by atoms with Crippen LogP contribution in [-0.4, -0.2) is 22.7 Å². The van der Waals surface area contributed by atoms with Crippen molar-refractivity contribution in [3.05, 3.63) is 46.6 Å². The highest BCUT2D eigenvalue weighted by molar-refractivity contribution is 5.30. The predicted octanol–water partition coefficient (Wildman–Crippen LogP) is 2.74. The number of aryl methyl sites for hydroxylation is 2. The van der Waals surface area contributed by atoms with Gasteiger partial charge in [-0.2, -0.15) is 4.98 Å². The number of rotatable bonds is 3. The predicted molar refractivity (Wildman–Crippen MR) is 77.8 cm³/mol. The molecule has 0 bridgehead atoms.